The maximum absolute atomic E-state index is 5.31. The van der Waals surface area contributed by atoms with Crippen LogP contribution >= 0.6 is 0 Å². The zero-order valence-corrected chi connectivity index (χ0v) is 12.7. The highest BCUT2D eigenvalue weighted by molar-refractivity contribution is 6.03. The fourth-order valence-corrected chi connectivity index (χ4v) is 3.02. The number of nitrogens with zero attached hydrogens (tertiary/aromatic N) is 2. The number of aromatic nitrogens is 1. The summed E-state index contributed by atoms with van der Waals surface area (Å²) >= 11 is 0. The van der Waals surface area contributed by atoms with E-state index in [1.54, 1.807) is 7.11 Å². The first-order valence-electron chi connectivity index (χ1n) is 7.23. The number of hydrogen-bond donors (Lipinski definition) is 0. The Labute approximate surface area is 125 Å². The first-order valence-corrected chi connectivity index (χ1v) is 7.23. The fourth-order valence-electron chi connectivity index (χ4n) is 3.02. The molecule has 3 rings (SSSR count). The minimum absolute atomic E-state index is 0.0975. The monoisotopic (exact) mass is 280 g/mol. The van der Waals surface area contributed by atoms with Crippen LogP contribution in [0.15, 0.2) is 53.8 Å². The second-order valence-electron chi connectivity index (χ2n) is 5.98. The largest absolute Gasteiger partial charge is 0.497 e. The average molecular weight is 280 g/mol. The molecule has 0 bridgehead atoms. The molecule has 2 heterocycles. The van der Waals surface area contributed by atoms with Gasteiger partial charge in [0.2, 0.25) is 0 Å². The van der Waals surface area contributed by atoms with Gasteiger partial charge in [-0.3, -0.25) is 9.98 Å². The molecule has 1 aromatic heterocycles. The molecule has 3 nitrogen and oxygen atoms in total. The molecule has 2 aromatic rings. The lowest BCUT2D eigenvalue weighted by Crippen LogP contribution is -2.22. The van der Waals surface area contributed by atoms with E-state index >= 15 is 0 Å². The summed E-state index contributed by atoms with van der Waals surface area (Å²) in [6, 6.07) is 12.3. The molecule has 1 aliphatic rings. The minimum Gasteiger partial charge on any atom is -0.497 e. The summed E-state index contributed by atoms with van der Waals surface area (Å²) in [4.78, 5) is 9.08. The SMILES string of the molecule is COc1cccc(C2=NC(C)(C)C(c3ccncc3)C2)c1. The summed E-state index contributed by atoms with van der Waals surface area (Å²) in [5, 5.41) is 0. The molecule has 108 valence electrons. The number of aliphatic imine (C=N–C) groups is 1. The molecule has 0 aliphatic carbocycles. The predicted octanol–water partition coefficient (Wildman–Crippen LogP) is 3.85. The molecule has 0 saturated carbocycles. The molecule has 0 N–H and O–H groups in total. The summed E-state index contributed by atoms with van der Waals surface area (Å²) in [5.41, 5.74) is 3.51. The van der Waals surface area contributed by atoms with Crippen LogP contribution in [0.2, 0.25) is 0 Å². The first-order chi connectivity index (χ1) is 10.1. The molecule has 0 fully saturated rings. The van der Waals surface area contributed by atoms with Gasteiger partial charge in [0.1, 0.15) is 5.75 Å². The van der Waals surface area contributed by atoms with Gasteiger partial charge in [0, 0.05) is 24.0 Å². The van der Waals surface area contributed by atoms with Gasteiger partial charge >= 0.3 is 0 Å². The normalized spacial score (nSPS) is 20.1. The van der Waals surface area contributed by atoms with E-state index in [2.05, 4.69) is 43.1 Å². The van der Waals surface area contributed by atoms with E-state index < -0.39 is 0 Å². The minimum atomic E-state index is -0.0975. The van der Waals surface area contributed by atoms with Crippen molar-refractivity contribution in [3.8, 4) is 5.75 Å². The highest BCUT2D eigenvalue weighted by Gasteiger charge is 2.37. The van der Waals surface area contributed by atoms with E-state index in [4.69, 9.17) is 9.73 Å². The average Bonchev–Trinajstić information content (AvgIpc) is 2.84. The number of rotatable bonds is 3. The molecule has 0 radical (unpaired) electrons. The van der Waals surface area contributed by atoms with Crippen LogP contribution in [0, 0.1) is 0 Å². The van der Waals surface area contributed by atoms with E-state index in [1.165, 1.54) is 5.56 Å². The maximum atomic E-state index is 5.31. The number of pyridine rings is 1. The summed E-state index contributed by atoms with van der Waals surface area (Å²) in [7, 11) is 1.69. The van der Waals surface area contributed by atoms with E-state index in [0.717, 1.165) is 23.4 Å². The smallest absolute Gasteiger partial charge is 0.119 e. The van der Waals surface area contributed by atoms with Gasteiger partial charge in [-0.25, -0.2) is 0 Å². The van der Waals surface area contributed by atoms with Crippen molar-refractivity contribution in [3.63, 3.8) is 0 Å². The van der Waals surface area contributed by atoms with Crippen molar-refractivity contribution in [1.29, 1.82) is 0 Å². The lowest BCUT2D eigenvalue weighted by molar-refractivity contribution is 0.414. The van der Waals surface area contributed by atoms with Gasteiger partial charge in [0.15, 0.2) is 0 Å². The van der Waals surface area contributed by atoms with E-state index in [-0.39, 0.29) is 5.54 Å². The molecule has 0 amide bonds. The van der Waals surface area contributed by atoms with Crippen LogP contribution in [0.5, 0.6) is 5.75 Å². The molecule has 0 spiro atoms. The van der Waals surface area contributed by atoms with E-state index in [0.29, 0.717) is 5.92 Å². The van der Waals surface area contributed by atoms with Crippen LogP contribution in [0.25, 0.3) is 0 Å². The lowest BCUT2D eigenvalue weighted by Gasteiger charge is -2.24. The Balaban J connectivity index is 1.93. The van der Waals surface area contributed by atoms with Crippen LogP contribution in [-0.4, -0.2) is 23.3 Å². The molecule has 3 heteroatoms. The Bertz CT molecular complexity index is 662. The quantitative estimate of drug-likeness (QED) is 0.856. The Hall–Kier alpha value is -2.16. The molecule has 21 heavy (non-hydrogen) atoms. The number of hydrogen-bond acceptors (Lipinski definition) is 3. The third kappa shape index (κ3) is 2.68. The second kappa shape index (κ2) is 5.32. The first kappa shape index (κ1) is 13.8. The van der Waals surface area contributed by atoms with Gasteiger partial charge < -0.3 is 4.74 Å². The van der Waals surface area contributed by atoms with Gasteiger partial charge in [-0.2, -0.15) is 0 Å². The van der Waals surface area contributed by atoms with Gasteiger partial charge in [-0.15, -0.1) is 0 Å². The Kier molecular flexibility index (Phi) is 3.50. The molecule has 1 aromatic carbocycles. The van der Waals surface area contributed by atoms with Gasteiger partial charge in [-0.1, -0.05) is 12.1 Å². The third-order valence-corrected chi connectivity index (χ3v) is 4.18. The molecule has 0 saturated heterocycles. The van der Waals surface area contributed by atoms with E-state index in [9.17, 15) is 0 Å². The summed E-state index contributed by atoms with van der Waals surface area (Å²) < 4.78 is 5.31. The second-order valence-corrected chi connectivity index (χ2v) is 5.98. The van der Waals surface area contributed by atoms with Gasteiger partial charge in [0.05, 0.1) is 12.6 Å². The van der Waals surface area contributed by atoms with Crippen molar-refractivity contribution < 1.29 is 4.74 Å². The molecular formula is C18H20N2O. The standard InChI is InChI=1S/C18H20N2O/c1-18(2)16(13-7-9-19-10-8-13)12-17(20-18)14-5-4-6-15(11-14)21-3/h4-11,16H,12H2,1-3H3. The summed E-state index contributed by atoms with van der Waals surface area (Å²) in [5.74, 6) is 1.27. The highest BCUT2D eigenvalue weighted by atomic mass is 16.5. The Morgan fingerprint density at radius 3 is 2.62 bits per heavy atom. The number of methoxy groups -OCH3 is 1. The van der Waals surface area contributed by atoms with Crippen molar-refractivity contribution in [3.05, 3.63) is 59.9 Å². The topological polar surface area (TPSA) is 34.5 Å². The van der Waals surface area contributed by atoms with Gasteiger partial charge in [0.25, 0.3) is 0 Å². The maximum Gasteiger partial charge on any atom is 0.119 e. The Morgan fingerprint density at radius 2 is 1.90 bits per heavy atom. The van der Waals surface area contributed by atoms with E-state index in [1.807, 2.05) is 24.5 Å². The summed E-state index contributed by atoms with van der Waals surface area (Å²) in [6.45, 7) is 4.40. The molecular weight excluding hydrogens is 260 g/mol. The van der Waals surface area contributed by atoms with Crippen LogP contribution in [0.3, 0.4) is 0 Å². The van der Waals surface area contributed by atoms with Crippen molar-refractivity contribution >= 4 is 5.71 Å². The number of benzene rings is 1. The van der Waals surface area contributed by atoms with Crippen LogP contribution in [-0.2, 0) is 0 Å². The van der Waals surface area contributed by atoms with Crippen LogP contribution < -0.4 is 4.74 Å². The zero-order chi connectivity index (χ0) is 14.9. The van der Waals surface area contributed by atoms with Crippen LogP contribution in [0.4, 0.5) is 0 Å². The van der Waals surface area contributed by atoms with Crippen molar-refractivity contribution in [1.82, 2.24) is 4.98 Å². The van der Waals surface area contributed by atoms with Crippen molar-refractivity contribution in [2.45, 2.75) is 31.7 Å². The van der Waals surface area contributed by atoms with Crippen molar-refractivity contribution in [2.24, 2.45) is 4.99 Å². The third-order valence-electron chi connectivity index (χ3n) is 4.18. The summed E-state index contributed by atoms with van der Waals surface area (Å²) in [6.07, 6.45) is 4.66. The van der Waals surface area contributed by atoms with Gasteiger partial charge in [-0.05, 0) is 55.7 Å². The number of ether oxygens (including phenoxy) is 1. The molecule has 1 aliphatic heterocycles. The Morgan fingerprint density at radius 1 is 1.14 bits per heavy atom. The fraction of sp³-hybridized carbons (Fsp3) is 0.333. The molecule has 1 unspecified atom stereocenters. The predicted molar refractivity (Wildman–Crippen MR) is 85.2 cm³/mol. The zero-order valence-electron chi connectivity index (χ0n) is 12.7. The molecule has 1 atom stereocenters. The van der Waals surface area contributed by atoms with Crippen LogP contribution in [0.1, 0.15) is 37.3 Å². The lowest BCUT2D eigenvalue weighted by atomic mass is 9.82. The van der Waals surface area contributed by atoms with Crippen molar-refractivity contribution in [2.75, 3.05) is 7.11 Å². The highest BCUT2D eigenvalue weighted by Crippen LogP contribution is 2.41.